The van der Waals surface area contributed by atoms with Crippen LogP contribution in [0.15, 0.2) is 48.5 Å². The van der Waals surface area contributed by atoms with E-state index in [0.717, 1.165) is 19.3 Å². The van der Waals surface area contributed by atoms with Crippen LogP contribution in [0.1, 0.15) is 35.2 Å². The molecule has 28 heavy (non-hydrogen) atoms. The molecule has 1 aliphatic rings. The van der Waals surface area contributed by atoms with E-state index in [2.05, 4.69) is 0 Å². The molecule has 0 N–H and O–H groups in total. The van der Waals surface area contributed by atoms with E-state index in [4.69, 9.17) is 14.2 Å². The van der Waals surface area contributed by atoms with Crippen molar-refractivity contribution in [1.82, 2.24) is 0 Å². The highest BCUT2D eigenvalue weighted by Gasteiger charge is 2.21. The number of carbonyl (C=O) groups excluding carboxylic acids is 1. The number of benzene rings is 2. The minimum atomic E-state index is -0.468. The quantitative estimate of drug-likeness (QED) is 0.305. The van der Waals surface area contributed by atoms with Gasteiger partial charge in [0.05, 0.1) is 18.6 Å². The number of rotatable bonds is 7. The molecule has 0 amide bonds. The smallest absolute Gasteiger partial charge is 0.269 e. The lowest BCUT2D eigenvalue weighted by molar-refractivity contribution is -0.384. The average Bonchev–Trinajstić information content (AvgIpc) is 2.72. The zero-order valence-electron chi connectivity index (χ0n) is 15.5. The maximum absolute atomic E-state index is 12.8. The Bertz CT molecular complexity index is 869. The summed E-state index contributed by atoms with van der Waals surface area (Å²) in [4.78, 5) is 23.1. The highest BCUT2D eigenvalue weighted by atomic mass is 16.7. The Labute approximate surface area is 162 Å². The number of carbonyl (C=O) groups is 1. The second-order valence-corrected chi connectivity index (χ2v) is 6.29. The Balaban J connectivity index is 1.81. The highest BCUT2D eigenvalue weighted by Crippen LogP contribution is 2.31. The second kappa shape index (κ2) is 9.14. The molecule has 1 aliphatic heterocycles. The van der Waals surface area contributed by atoms with Gasteiger partial charge in [0.1, 0.15) is 17.1 Å². The van der Waals surface area contributed by atoms with Crippen molar-refractivity contribution in [2.75, 3.05) is 13.7 Å². The van der Waals surface area contributed by atoms with Gasteiger partial charge in [-0.05, 0) is 48.7 Å². The van der Waals surface area contributed by atoms with Gasteiger partial charge in [0.15, 0.2) is 12.1 Å². The third-order valence-electron chi connectivity index (χ3n) is 4.38. The van der Waals surface area contributed by atoms with Crippen molar-refractivity contribution in [1.29, 1.82) is 0 Å². The predicted molar refractivity (Wildman–Crippen MR) is 104 cm³/mol. The number of nitro groups is 1. The topological polar surface area (TPSA) is 87.9 Å². The van der Waals surface area contributed by atoms with Crippen LogP contribution in [-0.4, -0.2) is 30.7 Å². The third-order valence-corrected chi connectivity index (χ3v) is 4.38. The Morgan fingerprint density at radius 3 is 2.57 bits per heavy atom. The van der Waals surface area contributed by atoms with Crippen molar-refractivity contribution in [3.8, 4) is 11.5 Å². The fourth-order valence-corrected chi connectivity index (χ4v) is 2.93. The largest absolute Gasteiger partial charge is 0.496 e. The monoisotopic (exact) mass is 383 g/mol. The fraction of sp³-hybridized carbons (Fsp3) is 0.286. The number of allylic oxidation sites excluding steroid dienone is 1. The molecule has 3 rings (SSSR count). The Hall–Kier alpha value is -3.19. The number of nitro benzene ring substituents is 1. The molecule has 146 valence electrons. The van der Waals surface area contributed by atoms with E-state index in [1.165, 1.54) is 25.3 Å². The molecule has 0 aliphatic carbocycles. The lowest BCUT2D eigenvalue weighted by atomic mass is 10.1. The van der Waals surface area contributed by atoms with E-state index in [1.807, 2.05) is 0 Å². The predicted octanol–water partition coefficient (Wildman–Crippen LogP) is 4.40. The molecular formula is C21H21NO6. The first-order chi connectivity index (χ1) is 13.6. The number of methoxy groups -OCH3 is 1. The van der Waals surface area contributed by atoms with E-state index >= 15 is 0 Å². The van der Waals surface area contributed by atoms with Crippen LogP contribution in [0, 0.1) is 10.1 Å². The summed E-state index contributed by atoms with van der Waals surface area (Å²) in [5, 5.41) is 10.7. The van der Waals surface area contributed by atoms with Crippen LogP contribution in [0.3, 0.4) is 0 Å². The van der Waals surface area contributed by atoms with Gasteiger partial charge in [-0.1, -0.05) is 12.1 Å². The molecule has 0 aromatic heterocycles. The zero-order valence-corrected chi connectivity index (χ0v) is 15.5. The van der Waals surface area contributed by atoms with Gasteiger partial charge in [-0.2, -0.15) is 0 Å². The van der Waals surface area contributed by atoms with Gasteiger partial charge in [-0.25, -0.2) is 0 Å². The Morgan fingerprint density at radius 1 is 1.18 bits per heavy atom. The van der Waals surface area contributed by atoms with Gasteiger partial charge in [0.2, 0.25) is 0 Å². The molecule has 0 spiro atoms. The van der Waals surface area contributed by atoms with Crippen LogP contribution >= 0.6 is 0 Å². The van der Waals surface area contributed by atoms with Gasteiger partial charge in [0, 0.05) is 18.6 Å². The SMILES string of the molecule is COc1cccc(OC2CCCCO2)c1C(=O)/C=C/c1ccc([N+](=O)[O-])cc1. The minimum Gasteiger partial charge on any atom is -0.496 e. The molecule has 0 saturated carbocycles. The van der Waals surface area contributed by atoms with E-state index in [-0.39, 0.29) is 17.8 Å². The van der Waals surface area contributed by atoms with Crippen LogP contribution in [0.2, 0.25) is 0 Å². The first-order valence-electron chi connectivity index (χ1n) is 9.00. The summed E-state index contributed by atoms with van der Waals surface area (Å²) in [7, 11) is 1.49. The maximum atomic E-state index is 12.8. The zero-order chi connectivity index (χ0) is 19.9. The number of ether oxygens (including phenoxy) is 3. The summed E-state index contributed by atoms with van der Waals surface area (Å²) in [6.07, 6.45) is 5.39. The normalized spacial score (nSPS) is 16.7. The molecule has 7 heteroatoms. The highest BCUT2D eigenvalue weighted by molar-refractivity contribution is 6.10. The second-order valence-electron chi connectivity index (χ2n) is 6.29. The van der Waals surface area contributed by atoms with Gasteiger partial charge in [0.25, 0.3) is 5.69 Å². The first-order valence-corrected chi connectivity index (χ1v) is 9.00. The molecule has 1 heterocycles. The van der Waals surface area contributed by atoms with Crippen LogP contribution in [0.4, 0.5) is 5.69 Å². The van der Waals surface area contributed by atoms with E-state index in [0.29, 0.717) is 29.2 Å². The maximum Gasteiger partial charge on any atom is 0.269 e. The summed E-state index contributed by atoms with van der Waals surface area (Å²) < 4.78 is 16.9. The summed E-state index contributed by atoms with van der Waals surface area (Å²) >= 11 is 0. The standard InChI is InChI=1S/C21H21NO6/c1-26-18-5-4-6-19(28-20-7-2-3-14-27-20)21(18)17(23)13-10-15-8-11-16(12-9-15)22(24)25/h4-6,8-13,20H,2-3,7,14H2,1H3/b13-10+. The van der Waals surface area contributed by atoms with Crippen LogP contribution < -0.4 is 9.47 Å². The van der Waals surface area contributed by atoms with Crippen molar-refractivity contribution < 1.29 is 23.9 Å². The van der Waals surface area contributed by atoms with Crippen LogP contribution in [-0.2, 0) is 4.74 Å². The van der Waals surface area contributed by atoms with Gasteiger partial charge < -0.3 is 14.2 Å². The minimum absolute atomic E-state index is 0.00336. The molecule has 1 atom stereocenters. The van der Waals surface area contributed by atoms with Crippen molar-refractivity contribution in [3.63, 3.8) is 0 Å². The number of ketones is 1. The lowest BCUT2D eigenvalue weighted by Gasteiger charge is -2.24. The van der Waals surface area contributed by atoms with Crippen LogP contribution in [0.25, 0.3) is 6.08 Å². The lowest BCUT2D eigenvalue weighted by Crippen LogP contribution is -2.25. The number of hydrogen-bond donors (Lipinski definition) is 0. The molecule has 2 aromatic rings. The van der Waals surface area contributed by atoms with Crippen molar-refractivity contribution in [3.05, 3.63) is 69.8 Å². The van der Waals surface area contributed by atoms with Gasteiger partial charge >= 0.3 is 0 Å². The summed E-state index contributed by atoms with van der Waals surface area (Å²) in [6, 6.07) is 11.1. The molecule has 1 unspecified atom stereocenters. The van der Waals surface area contributed by atoms with E-state index < -0.39 is 4.92 Å². The number of hydrogen-bond acceptors (Lipinski definition) is 6. The van der Waals surface area contributed by atoms with Crippen molar-refractivity contribution in [2.45, 2.75) is 25.6 Å². The fourth-order valence-electron chi connectivity index (χ4n) is 2.93. The van der Waals surface area contributed by atoms with E-state index in [1.54, 1.807) is 36.4 Å². The molecule has 2 aromatic carbocycles. The van der Waals surface area contributed by atoms with Crippen LogP contribution in [0.5, 0.6) is 11.5 Å². The molecule has 0 bridgehead atoms. The molecular weight excluding hydrogens is 362 g/mol. The summed E-state index contributed by atoms with van der Waals surface area (Å²) in [5.41, 5.74) is 0.987. The molecule has 0 radical (unpaired) electrons. The summed E-state index contributed by atoms with van der Waals surface area (Å²) in [6.45, 7) is 0.637. The Kier molecular flexibility index (Phi) is 6.39. The number of nitrogens with zero attached hydrogens (tertiary/aromatic N) is 1. The van der Waals surface area contributed by atoms with Gasteiger partial charge in [-0.15, -0.1) is 0 Å². The molecule has 7 nitrogen and oxygen atoms in total. The number of non-ortho nitro benzene ring substituents is 1. The first kappa shape index (κ1) is 19.6. The Morgan fingerprint density at radius 2 is 1.93 bits per heavy atom. The summed E-state index contributed by atoms with van der Waals surface area (Å²) in [5.74, 6) is 0.526. The molecule has 1 fully saturated rings. The van der Waals surface area contributed by atoms with Crippen molar-refractivity contribution >= 4 is 17.5 Å². The van der Waals surface area contributed by atoms with Crippen molar-refractivity contribution in [2.24, 2.45) is 0 Å². The van der Waals surface area contributed by atoms with E-state index in [9.17, 15) is 14.9 Å². The van der Waals surface area contributed by atoms with Gasteiger partial charge in [-0.3, -0.25) is 14.9 Å². The third kappa shape index (κ3) is 4.75. The molecule has 1 saturated heterocycles. The average molecular weight is 383 g/mol.